The van der Waals surface area contributed by atoms with Crippen molar-refractivity contribution in [2.45, 2.75) is 25.4 Å². The van der Waals surface area contributed by atoms with Crippen LogP contribution in [0.25, 0.3) is 0 Å². The van der Waals surface area contributed by atoms with Gasteiger partial charge in [-0.05, 0) is 30.4 Å². The Kier molecular flexibility index (Phi) is 4.29. The second kappa shape index (κ2) is 6.35. The van der Waals surface area contributed by atoms with Crippen molar-refractivity contribution in [1.29, 1.82) is 0 Å². The van der Waals surface area contributed by atoms with Crippen LogP contribution in [-0.2, 0) is 6.42 Å². The number of carbonyl (C=O) groups excluding carboxylic acids is 1. The summed E-state index contributed by atoms with van der Waals surface area (Å²) < 4.78 is 5.81. The Morgan fingerprint density at radius 3 is 2.81 bits per heavy atom. The number of hydrogen-bond acceptors (Lipinski definition) is 3. The second-order valence-corrected chi connectivity index (χ2v) is 5.85. The van der Waals surface area contributed by atoms with Gasteiger partial charge in [0.15, 0.2) is 0 Å². The Hall–Kier alpha value is -1.75. The van der Waals surface area contributed by atoms with Crippen LogP contribution in [0.15, 0.2) is 24.3 Å². The van der Waals surface area contributed by atoms with E-state index in [4.69, 9.17) is 9.84 Å². The molecule has 1 aromatic rings. The first-order valence-corrected chi connectivity index (χ1v) is 7.64. The van der Waals surface area contributed by atoms with Crippen LogP contribution in [0.5, 0.6) is 5.75 Å². The summed E-state index contributed by atoms with van der Waals surface area (Å²) in [6.45, 7) is 2.21. The number of ether oxygens (including phenoxy) is 1. The van der Waals surface area contributed by atoms with E-state index in [1.165, 1.54) is 5.56 Å². The molecule has 2 aliphatic rings. The number of amides is 2. The van der Waals surface area contributed by atoms with Crippen LogP contribution in [0.3, 0.4) is 0 Å². The van der Waals surface area contributed by atoms with E-state index in [-0.39, 0.29) is 18.7 Å². The van der Waals surface area contributed by atoms with Gasteiger partial charge >= 0.3 is 6.03 Å². The van der Waals surface area contributed by atoms with Crippen LogP contribution in [0, 0.1) is 5.92 Å². The molecule has 0 spiro atoms. The van der Waals surface area contributed by atoms with Gasteiger partial charge in [0.2, 0.25) is 0 Å². The predicted molar refractivity (Wildman–Crippen MR) is 79.3 cm³/mol. The third-order valence-electron chi connectivity index (χ3n) is 4.35. The van der Waals surface area contributed by atoms with Crippen molar-refractivity contribution in [2.75, 3.05) is 26.2 Å². The summed E-state index contributed by atoms with van der Waals surface area (Å²) in [6.07, 6.45) is 2.65. The largest absolute Gasteiger partial charge is 0.488 e. The lowest BCUT2D eigenvalue weighted by molar-refractivity contribution is 0.134. The quantitative estimate of drug-likeness (QED) is 0.884. The number of nitrogens with zero attached hydrogens (tertiary/aromatic N) is 1. The average molecular weight is 290 g/mol. The zero-order valence-electron chi connectivity index (χ0n) is 12.1. The number of piperidine rings is 1. The molecule has 0 saturated carbocycles. The maximum atomic E-state index is 12.1. The van der Waals surface area contributed by atoms with Gasteiger partial charge in [-0.15, -0.1) is 0 Å². The van der Waals surface area contributed by atoms with Crippen molar-refractivity contribution in [3.8, 4) is 5.75 Å². The molecule has 2 N–H and O–H groups in total. The Morgan fingerprint density at radius 2 is 2.10 bits per heavy atom. The normalized spacial score (nSPS) is 21.8. The number of urea groups is 1. The van der Waals surface area contributed by atoms with Crippen molar-refractivity contribution in [3.63, 3.8) is 0 Å². The van der Waals surface area contributed by atoms with Gasteiger partial charge in [0, 0.05) is 26.1 Å². The first kappa shape index (κ1) is 14.2. The number of para-hydroxylation sites is 1. The minimum Gasteiger partial charge on any atom is -0.488 e. The van der Waals surface area contributed by atoms with E-state index < -0.39 is 0 Å². The van der Waals surface area contributed by atoms with Crippen molar-refractivity contribution in [1.82, 2.24) is 10.2 Å². The van der Waals surface area contributed by atoms with E-state index in [1.54, 1.807) is 0 Å². The minimum atomic E-state index is -0.0223. The summed E-state index contributed by atoms with van der Waals surface area (Å²) in [5.41, 5.74) is 1.21. The number of benzene rings is 1. The summed E-state index contributed by atoms with van der Waals surface area (Å²) in [6, 6.07) is 7.98. The van der Waals surface area contributed by atoms with E-state index in [0.29, 0.717) is 12.5 Å². The van der Waals surface area contributed by atoms with Gasteiger partial charge < -0.3 is 20.1 Å². The number of rotatable bonds is 3. The average Bonchev–Trinajstić information content (AvgIpc) is 2.95. The van der Waals surface area contributed by atoms with Crippen LogP contribution in [0.4, 0.5) is 4.79 Å². The monoisotopic (exact) mass is 290 g/mol. The maximum absolute atomic E-state index is 12.1. The molecule has 21 heavy (non-hydrogen) atoms. The van der Waals surface area contributed by atoms with Gasteiger partial charge in [0.1, 0.15) is 11.9 Å². The first-order chi connectivity index (χ1) is 10.3. The number of aliphatic hydroxyl groups excluding tert-OH is 1. The highest BCUT2D eigenvalue weighted by molar-refractivity contribution is 5.74. The summed E-state index contributed by atoms with van der Waals surface area (Å²) >= 11 is 0. The predicted octanol–water partition coefficient (Wildman–Crippen LogP) is 1.40. The lowest BCUT2D eigenvalue weighted by Crippen LogP contribution is -2.47. The molecule has 0 bridgehead atoms. The standard InChI is InChI=1S/C16H22N2O3/c19-11-12-5-7-18(8-6-12)16(20)17-10-14-9-13-3-1-2-4-15(13)21-14/h1-4,12,14,19H,5-11H2,(H,17,20). The van der Waals surface area contributed by atoms with E-state index in [0.717, 1.165) is 38.1 Å². The number of fused-ring (bicyclic) bond motifs is 1. The number of likely N-dealkylation sites (tertiary alicyclic amines) is 1. The van der Waals surface area contributed by atoms with Crippen LogP contribution >= 0.6 is 0 Å². The molecular weight excluding hydrogens is 268 g/mol. The van der Waals surface area contributed by atoms with Gasteiger partial charge in [0.05, 0.1) is 6.54 Å². The van der Waals surface area contributed by atoms with Crippen molar-refractivity contribution in [3.05, 3.63) is 29.8 Å². The SMILES string of the molecule is O=C(NCC1Cc2ccccc2O1)N1CCC(CO)CC1. The highest BCUT2D eigenvalue weighted by Gasteiger charge is 2.25. The van der Waals surface area contributed by atoms with E-state index >= 15 is 0 Å². The molecule has 2 heterocycles. The smallest absolute Gasteiger partial charge is 0.317 e. The molecule has 5 heteroatoms. The van der Waals surface area contributed by atoms with Crippen molar-refractivity contribution in [2.24, 2.45) is 5.92 Å². The fourth-order valence-electron chi connectivity index (χ4n) is 3.00. The third kappa shape index (κ3) is 3.29. The third-order valence-corrected chi connectivity index (χ3v) is 4.35. The van der Waals surface area contributed by atoms with E-state index in [2.05, 4.69) is 11.4 Å². The van der Waals surface area contributed by atoms with Crippen molar-refractivity contribution >= 4 is 6.03 Å². The van der Waals surface area contributed by atoms with Crippen LogP contribution in [-0.4, -0.2) is 48.4 Å². The molecule has 1 unspecified atom stereocenters. The van der Waals surface area contributed by atoms with E-state index in [9.17, 15) is 4.79 Å². The maximum Gasteiger partial charge on any atom is 0.317 e. The molecule has 0 aliphatic carbocycles. The Morgan fingerprint density at radius 1 is 1.33 bits per heavy atom. The molecule has 5 nitrogen and oxygen atoms in total. The first-order valence-electron chi connectivity index (χ1n) is 7.64. The molecule has 2 amide bonds. The molecule has 1 atom stereocenters. The van der Waals surface area contributed by atoms with Gasteiger partial charge in [-0.2, -0.15) is 0 Å². The second-order valence-electron chi connectivity index (χ2n) is 5.85. The fourth-order valence-corrected chi connectivity index (χ4v) is 3.00. The van der Waals surface area contributed by atoms with Crippen LogP contribution in [0.2, 0.25) is 0 Å². The summed E-state index contributed by atoms with van der Waals surface area (Å²) in [7, 11) is 0. The van der Waals surface area contributed by atoms with Gasteiger partial charge in [0.25, 0.3) is 0 Å². The Balaban J connectivity index is 1.43. The molecule has 114 valence electrons. The van der Waals surface area contributed by atoms with Gasteiger partial charge in [-0.3, -0.25) is 0 Å². The summed E-state index contributed by atoms with van der Waals surface area (Å²) in [5, 5.41) is 12.1. The zero-order valence-corrected chi connectivity index (χ0v) is 12.1. The van der Waals surface area contributed by atoms with Gasteiger partial charge in [-0.25, -0.2) is 4.79 Å². The van der Waals surface area contributed by atoms with Crippen molar-refractivity contribution < 1.29 is 14.6 Å². The topological polar surface area (TPSA) is 61.8 Å². The molecule has 3 rings (SSSR count). The van der Waals surface area contributed by atoms with Crippen LogP contribution < -0.4 is 10.1 Å². The van der Waals surface area contributed by atoms with E-state index in [1.807, 2.05) is 23.1 Å². The number of hydrogen-bond donors (Lipinski definition) is 2. The molecule has 1 aromatic carbocycles. The van der Waals surface area contributed by atoms with Gasteiger partial charge in [-0.1, -0.05) is 18.2 Å². The number of aliphatic hydroxyl groups is 1. The molecule has 0 aromatic heterocycles. The summed E-state index contributed by atoms with van der Waals surface area (Å²) in [4.78, 5) is 13.9. The Labute approximate surface area is 124 Å². The highest BCUT2D eigenvalue weighted by Crippen LogP contribution is 2.27. The number of nitrogens with one attached hydrogen (secondary N) is 1. The zero-order chi connectivity index (χ0) is 14.7. The minimum absolute atomic E-state index is 0.0223. The lowest BCUT2D eigenvalue weighted by Gasteiger charge is -2.31. The molecule has 1 fully saturated rings. The lowest BCUT2D eigenvalue weighted by atomic mass is 9.98. The molecule has 0 radical (unpaired) electrons. The molecule has 2 aliphatic heterocycles. The Bertz CT molecular complexity index is 473. The summed E-state index contributed by atoms with van der Waals surface area (Å²) in [5.74, 6) is 1.28. The molecular formula is C16H22N2O3. The molecule has 1 saturated heterocycles. The fraction of sp³-hybridized carbons (Fsp3) is 0.562. The highest BCUT2D eigenvalue weighted by atomic mass is 16.5. The number of carbonyl (C=O) groups is 1. The van der Waals surface area contributed by atoms with Crippen LogP contribution in [0.1, 0.15) is 18.4 Å².